The van der Waals surface area contributed by atoms with Gasteiger partial charge in [0.25, 0.3) is 0 Å². The highest BCUT2D eigenvalue weighted by molar-refractivity contribution is 6.08. The molecule has 1 heterocycles. The van der Waals surface area contributed by atoms with Gasteiger partial charge in [0.2, 0.25) is 0 Å². The highest BCUT2D eigenvalue weighted by atomic mass is 16.1. The molecule has 5 nitrogen and oxygen atoms in total. The lowest BCUT2D eigenvalue weighted by molar-refractivity contribution is -0.113. The van der Waals surface area contributed by atoms with E-state index in [0.717, 1.165) is 25.1 Å². The number of carbonyl (C=O) groups is 1. The van der Waals surface area contributed by atoms with Crippen molar-refractivity contribution in [3.8, 4) is 0 Å². The predicted octanol–water partition coefficient (Wildman–Crippen LogP) is 2.35. The zero-order valence-electron chi connectivity index (χ0n) is 14.6. The molecule has 1 aromatic heterocycles. The molecule has 0 amide bonds. The third-order valence-corrected chi connectivity index (χ3v) is 2.96. The van der Waals surface area contributed by atoms with Crippen LogP contribution in [-0.2, 0) is 17.7 Å². The summed E-state index contributed by atoms with van der Waals surface area (Å²) < 4.78 is 1.88. The standard InChI is InChI=1S/C11H21BN4.C5H10O/c1-13-7-5-3-2-4-6-8-16-10-11(9-12)14-15-16;1-5(2,3)4-6/h10,13H,2-9H2,1H3;4H,1-3H3. The fourth-order valence-corrected chi connectivity index (χ4v) is 1.65. The van der Waals surface area contributed by atoms with E-state index in [4.69, 9.17) is 7.85 Å². The molecule has 0 saturated heterocycles. The van der Waals surface area contributed by atoms with Crippen LogP contribution in [0.25, 0.3) is 0 Å². The molecule has 0 aliphatic carbocycles. The van der Waals surface area contributed by atoms with E-state index in [1.165, 1.54) is 32.1 Å². The van der Waals surface area contributed by atoms with Gasteiger partial charge in [-0.25, -0.2) is 0 Å². The van der Waals surface area contributed by atoms with E-state index >= 15 is 0 Å². The predicted molar refractivity (Wildman–Crippen MR) is 92.0 cm³/mol. The second kappa shape index (κ2) is 12.4. The van der Waals surface area contributed by atoms with Crippen molar-refractivity contribution in [2.75, 3.05) is 13.6 Å². The number of nitrogens with zero attached hydrogens (tertiary/aromatic N) is 3. The fraction of sp³-hybridized carbons (Fsp3) is 0.812. The maximum Gasteiger partial charge on any atom is 0.125 e. The maximum atomic E-state index is 9.83. The largest absolute Gasteiger partial charge is 0.320 e. The number of hydrogen-bond donors (Lipinski definition) is 1. The lowest BCUT2D eigenvalue weighted by Gasteiger charge is -2.03. The third-order valence-electron chi connectivity index (χ3n) is 2.96. The average Bonchev–Trinajstić information content (AvgIpc) is 2.94. The molecule has 0 aliphatic rings. The van der Waals surface area contributed by atoms with E-state index in [0.29, 0.717) is 6.32 Å². The number of unbranched alkanes of at least 4 members (excludes halogenated alkanes) is 4. The van der Waals surface area contributed by atoms with Crippen LogP contribution in [0.15, 0.2) is 6.20 Å². The summed E-state index contributed by atoms with van der Waals surface area (Å²) in [6.45, 7) is 7.71. The second-order valence-corrected chi connectivity index (χ2v) is 6.53. The molecule has 0 fully saturated rings. The van der Waals surface area contributed by atoms with Gasteiger partial charge < -0.3 is 10.1 Å². The Bertz CT molecular complexity index is 388. The van der Waals surface area contributed by atoms with Crippen molar-refractivity contribution < 1.29 is 4.79 Å². The molecule has 124 valence electrons. The molecular formula is C16H31BN4O. The topological polar surface area (TPSA) is 59.8 Å². The lowest BCUT2D eigenvalue weighted by Crippen LogP contribution is -2.07. The van der Waals surface area contributed by atoms with Crippen molar-refractivity contribution >= 4 is 14.1 Å². The van der Waals surface area contributed by atoms with Crippen LogP contribution in [0.2, 0.25) is 0 Å². The molecule has 0 aromatic carbocycles. The summed E-state index contributed by atoms with van der Waals surface area (Å²) in [7, 11) is 7.46. The minimum absolute atomic E-state index is 0.139. The monoisotopic (exact) mass is 306 g/mol. The third kappa shape index (κ3) is 12.6. The van der Waals surface area contributed by atoms with Crippen LogP contribution >= 0.6 is 0 Å². The molecule has 1 aromatic rings. The Morgan fingerprint density at radius 2 is 1.82 bits per heavy atom. The summed E-state index contributed by atoms with van der Waals surface area (Å²) in [6, 6.07) is 0. The van der Waals surface area contributed by atoms with Gasteiger partial charge >= 0.3 is 0 Å². The number of aldehydes is 1. The minimum Gasteiger partial charge on any atom is -0.320 e. The van der Waals surface area contributed by atoms with Gasteiger partial charge in [-0.1, -0.05) is 45.2 Å². The van der Waals surface area contributed by atoms with E-state index < -0.39 is 0 Å². The first-order valence-electron chi connectivity index (χ1n) is 8.13. The Morgan fingerprint density at radius 1 is 1.23 bits per heavy atom. The Balaban J connectivity index is 0.000000626. The number of aryl methyl sites for hydroxylation is 1. The van der Waals surface area contributed by atoms with Crippen LogP contribution in [0.1, 0.15) is 58.6 Å². The molecule has 1 N–H and O–H groups in total. The lowest BCUT2D eigenvalue weighted by atomic mass is 10.0. The molecule has 0 atom stereocenters. The van der Waals surface area contributed by atoms with Crippen molar-refractivity contribution in [3.05, 3.63) is 11.9 Å². The van der Waals surface area contributed by atoms with Crippen molar-refractivity contribution in [3.63, 3.8) is 0 Å². The van der Waals surface area contributed by atoms with Gasteiger partial charge in [-0.05, 0) is 32.8 Å². The van der Waals surface area contributed by atoms with E-state index in [9.17, 15) is 4.79 Å². The first-order valence-corrected chi connectivity index (χ1v) is 8.13. The highest BCUT2D eigenvalue weighted by Crippen LogP contribution is 2.06. The van der Waals surface area contributed by atoms with Crippen LogP contribution in [0.3, 0.4) is 0 Å². The maximum absolute atomic E-state index is 9.83. The molecular weight excluding hydrogens is 275 g/mol. The van der Waals surface area contributed by atoms with Gasteiger partial charge in [0, 0.05) is 18.2 Å². The Hall–Kier alpha value is -1.17. The quantitative estimate of drug-likeness (QED) is 0.432. The SMILES string of the molecule is CC(C)(C)C=O.[B]Cc1cn(CCCCCCCNC)nn1. The first-order chi connectivity index (χ1) is 10.4. The van der Waals surface area contributed by atoms with Crippen molar-refractivity contribution in [2.24, 2.45) is 5.41 Å². The van der Waals surface area contributed by atoms with Crippen LogP contribution < -0.4 is 5.32 Å². The van der Waals surface area contributed by atoms with Crippen LogP contribution in [-0.4, -0.2) is 42.7 Å². The van der Waals surface area contributed by atoms with E-state index in [2.05, 4.69) is 15.6 Å². The molecule has 0 bridgehead atoms. The average molecular weight is 306 g/mol. The first kappa shape index (κ1) is 20.8. The molecule has 0 saturated carbocycles. The van der Waals surface area contributed by atoms with Gasteiger partial charge in [0.1, 0.15) is 6.29 Å². The van der Waals surface area contributed by atoms with Crippen molar-refractivity contribution in [1.29, 1.82) is 0 Å². The Kier molecular flexibility index (Phi) is 11.7. The summed E-state index contributed by atoms with van der Waals surface area (Å²) in [4.78, 5) is 9.83. The Labute approximate surface area is 136 Å². The van der Waals surface area contributed by atoms with E-state index in [1.807, 2.05) is 38.7 Å². The molecule has 1 rings (SSSR count). The summed E-state index contributed by atoms with van der Waals surface area (Å²) in [5, 5.41) is 11.1. The molecule has 0 unspecified atom stereocenters. The highest BCUT2D eigenvalue weighted by Gasteiger charge is 2.04. The minimum atomic E-state index is -0.139. The summed E-state index contributed by atoms with van der Waals surface area (Å²) >= 11 is 0. The van der Waals surface area contributed by atoms with Gasteiger partial charge in [0.05, 0.1) is 13.5 Å². The number of rotatable bonds is 9. The summed E-state index contributed by atoms with van der Waals surface area (Å²) in [6.07, 6.45) is 9.68. The van der Waals surface area contributed by atoms with E-state index in [1.54, 1.807) is 0 Å². The van der Waals surface area contributed by atoms with Gasteiger partial charge in [-0.2, -0.15) is 0 Å². The zero-order valence-corrected chi connectivity index (χ0v) is 14.6. The summed E-state index contributed by atoms with van der Waals surface area (Å²) in [5.41, 5.74) is 0.731. The van der Waals surface area contributed by atoms with Gasteiger partial charge in [-0.3, -0.25) is 4.68 Å². The Morgan fingerprint density at radius 3 is 2.32 bits per heavy atom. The van der Waals surface area contributed by atoms with Gasteiger partial charge in [0.15, 0.2) is 0 Å². The van der Waals surface area contributed by atoms with Gasteiger partial charge in [-0.15, -0.1) is 5.10 Å². The molecule has 22 heavy (non-hydrogen) atoms. The van der Waals surface area contributed by atoms with Crippen molar-refractivity contribution in [2.45, 2.75) is 65.7 Å². The molecule has 2 radical (unpaired) electrons. The summed E-state index contributed by atoms with van der Waals surface area (Å²) in [5.74, 6) is 0. The normalized spacial score (nSPS) is 10.9. The molecule has 6 heteroatoms. The van der Waals surface area contributed by atoms with E-state index in [-0.39, 0.29) is 5.41 Å². The zero-order chi connectivity index (χ0) is 16.8. The van der Waals surface area contributed by atoms with Crippen molar-refractivity contribution in [1.82, 2.24) is 20.3 Å². The molecule has 0 aliphatic heterocycles. The van der Waals surface area contributed by atoms with Crippen LogP contribution in [0, 0.1) is 5.41 Å². The number of nitrogens with one attached hydrogen (secondary N) is 1. The van der Waals surface area contributed by atoms with Crippen LogP contribution in [0.5, 0.6) is 0 Å². The smallest absolute Gasteiger partial charge is 0.125 e. The fourth-order valence-electron chi connectivity index (χ4n) is 1.65. The second-order valence-electron chi connectivity index (χ2n) is 6.53. The number of carbonyl (C=O) groups excluding carboxylic acids is 1. The number of aromatic nitrogens is 3. The number of hydrogen-bond acceptors (Lipinski definition) is 4. The molecule has 0 spiro atoms. The van der Waals surface area contributed by atoms with Crippen LogP contribution in [0.4, 0.5) is 0 Å².